The fourth-order valence-electron chi connectivity index (χ4n) is 2.03. The van der Waals surface area contributed by atoms with Gasteiger partial charge in [0.05, 0.1) is 0 Å². The number of nitrogens with one attached hydrogen (secondary N) is 1. The second-order valence-corrected chi connectivity index (χ2v) is 5.83. The third kappa shape index (κ3) is 3.40. The molecule has 0 radical (unpaired) electrons. The number of hydrazone groups is 1. The number of hydrogen-bond donors (Lipinski definition) is 2. The van der Waals surface area contributed by atoms with Crippen molar-refractivity contribution in [3.8, 4) is 5.75 Å². The van der Waals surface area contributed by atoms with Gasteiger partial charge in [0.25, 0.3) is 5.91 Å². The maximum Gasteiger partial charge on any atom is 0.255 e. The van der Waals surface area contributed by atoms with Crippen LogP contribution in [0.5, 0.6) is 5.75 Å². The van der Waals surface area contributed by atoms with Crippen molar-refractivity contribution in [1.82, 2.24) is 5.43 Å². The first-order valence-electron chi connectivity index (χ1n) is 6.79. The van der Waals surface area contributed by atoms with Crippen LogP contribution in [0.15, 0.2) is 59.7 Å². The highest BCUT2D eigenvalue weighted by molar-refractivity contribution is 8.14. The van der Waals surface area contributed by atoms with Gasteiger partial charge in [0.2, 0.25) is 0 Å². The second kappa shape index (κ2) is 6.53. The lowest BCUT2D eigenvalue weighted by Gasteiger charge is -2.10. The van der Waals surface area contributed by atoms with Crippen LogP contribution < -0.4 is 15.9 Å². The highest BCUT2D eigenvalue weighted by Gasteiger charge is 2.21. The first-order valence-corrected chi connectivity index (χ1v) is 7.67. The lowest BCUT2D eigenvalue weighted by molar-refractivity contribution is -0.119. The van der Waals surface area contributed by atoms with Crippen LogP contribution in [0.25, 0.3) is 0 Å². The van der Waals surface area contributed by atoms with E-state index in [1.54, 1.807) is 11.8 Å². The molecule has 0 aromatic heterocycles. The van der Waals surface area contributed by atoms with E-state index in [1.165, 1.54) is 0 Å². The van der Waals surface area contributed by atoms with Crippen molar-refractivity contribution >= 4 is 22.7 Å². The lowest BCUT2D eigenvalue weighted by Crippen LogP contribution is -2.20. The van der Waals surface area contributed by atoms with Crippen LogP contribution in [0.4, 0.5) is 0 Å². The van der Waals surface area contributed by atoms with Crippen LogP contribution in [0.2, 0.25) is 0 Å². The number of primary amides is 1. The quantitative estimate of drug-likeness (QED) is 0.887. The predicted molar refractivity (Wildman–Crippen MR) is 87.6 cm³/mol. The first kappa shape index (κ1) is 14.5. The highest BCUT2D eigenvalue weighted by Crippen LogP contribution is 2.34. The molecule has 2 aromatic rings. The minimum Gasteiger partial charge on any atom is -0.484 e. The van der Waals surface area contributed by atoms with Gasteiger partial charge in [-0.2, -0.15) is 5.10 Å². The minimum atomic E-state index is -0.488. The Morgan fingerprint density at radius 1 is 1.18 bits per heavy atom. The van der Waals surface area contributed by atoms with Crippen LogP contribution in [-0.2, 0) is 4.79 Å². The molecule has 0 aliphatic carbocycles. The van der Waals surface area contributed by atoms with Crippen LogP contribution in [0, 0.1) is 0 Å². The molecule has 112 valence electrons. The van der Waals surface area contributed by atoms with Gasteiger partial charge in [-0.1, -0.05) is 54.2 Å². The summed E-state index contributed by atoms with van der Waals surface area (Å²) in [6.45, 7) is -0.114. The molecule has 0 saturated carbocycles. The Bertz CT molecular complexity index is 686. The maximum absolute atomic E-state index is 10.7. The van der Waals surface area contributed by atoms with Crippen LogP contribution in [-0.4, -0.2) is 17.6 Å². The van der Waals surface area contributed by atoms with Crippen molar-refractivity contribution in [1.29, 1.82) is 0 Å². The smallest absolute Gasteiger partial charge is 0.255 e. The zero-order valence-electron chi connectivity index (χ0n) is 11.7. The summed E-state index contributed by atoms with van der Waals surface area (Å²) in [5.41, 5.74) is 10.4. The van der Waals surface area contributed by atoms with Crippen molar-refractivity contribution in [2.75, 3.05) is 6.61 Å². The summed E-state index contributed by atoms with van der Waals surface area (Å²) in [6, 6.07) is 17.6. The van der Waals surface area contributed by atoms with E-state index in [-0.39, 0.29) is 12.0 Å². The Kier molecular flexibility index (Phi) is 4.29. The van der Waals surface area contributed by atoms with Gasteiger partial charge < -0.3 is 10.5 Å². The fraction of sp³-hybridized carbons (Fsp3) is 0.125. The van der Waals surface area contributed by atoms with Gasteiger partial charge in [0.1, 0.15) is 16.2 Å². The first-order chi connectivity index (χ1) is 10.7. The topological polar surface area (TPSA) is 76.7 Å². The number of rotatable bonds is 5. The zero-order chi connectivity index (χ0) is 15.4. The SMILES string of the molecule is NC(=O)COc1ccc(C2NN=C(c3ccccc3)S2)cc1. The zero-order valence-corrected chi connectivity index (χ0v) is 12.5. The number of benzene rings is 2. The summed E-state index contributed by atoms with van der Waals surface area (Å²) < 4.78 is 5.25. The summed E-state index contributed by atoms with van der Waals surface area (Å²) >= 11 is 1.66. The Balaban J connectivity index is 1.63. The number of ether oxygens (including phenoxy) is 1. The molecule has 2 aromatic carbocycles. The van der Waals surface area contributed by atoms with Gasteiger partial charge in [-0.05, 0) is 17.7 Å². The number of thioether (sulfide) groups is 1. The number of amides is 1. The second-order valence-electron chi connectivity index (χ2n) is 4.73. The van der Waals surface area contributed by atoms with Crippen molar-refractivity contribution in [2.45, 2.75) is 5.37 Å². The molecular weight excluding hydrogens is 298 g/mol. The van der Waals surface area contributed by atoms with Crippen LogP contribution >= 0.6 is 11.8 Å². The standard InChI is InChI=1S/C16H15N3O2S/c17-14(20)10-21-13-8-6-12(7-9-13)16-19-18-15(22-16)11-4-2-1-3-5-11/h1-9,16,19H,10H2,(H2,17,20). The largest absolute Gasteiger partial charge is 0.484 e. The molecule has 1 atom stereocenters. The van der Waals surface area contributed by atoms with E-state index in [4.69, 9.17) is 10.5 Å². The number of hydrogen-bond acceptors (Lipinski definition) is 5. The number of carbonyl (C=O) groups is 1. The Morgan fingerprint density at radius 3 is 2.59 bits per heavy atom. The molecule has 1 aliphatic heterocycles. The molecule has 22 heavy (non-hydrogen) atoms. The lowest BCUT2D eigenvalue weighted by atomic mass is 10.2. The molecule has 0 fully saturated rings. The molecule has 1 amide bonds. The van der Waals surface area contributed by atoms with Crippen molar-refractivity contribution in [3.63, 3.8) is 0 Å². The third-order valence-electron chi connectivity index (χ3n) is 3.10. The number of nitrogens with two attached hydrogens (primary N) is 1. The Labute approximate surface area is 132 Å². The van der Waals surface area contributed by atoms with Crippen LogP contribution in [0.1, 0.15) is 16.5 Å². The highest BCUT2D eigenvalue weighted by atomic mass is 32.2. The maximum atomic E-state index is 10.7. The van der Waals surface area contributed by atoms with E-state index in [2.05, 4.69) is 10.5 Å². The van der Waals surface area contributed by atoms with Gasteiger partial charge in [-0.3, -0.25) is 10.2 Å². The van der Waals surface area contributed by atoms with Gasteiger partial charge in [-0.25, -0.2) is 0 Å². The average molecular weight is 313 g/mol. The monoisotopic (exact) mass is 313 g/mol. The summed E-state index contributed by atoms with van der Waals surface area (Å²) in [5, 5.41) is 5.42. The van der Waals surface area contributed by atoms with Gasteiger partial charge in [0.15, 0.2) is 6.61 Å². The normalized spacial score (nSPS) is 16.7. The van der Waals surface area contributed by atoms with E-state index in [0.29, 0.717) is 5.75 Å². The average Bonchev–Trinajstić information content (AvgIpc) is 3.04. The molecule has 1 unspecified atom stereocenters. The molecule has 1 aliphatic rings. The molecule has 3 N–H and O–H groups in total. The van der Waals surface area contributed by atoms with E-state index < -0.39 is 5.91 Å². The Morgan fingerprint density at radius 2 is 1.91 bits per heavy atom. The third-order valence-corrected chi connectivity index (χ3v) is 4.26. The molecule has 1 heterocycles. The van der Waals surface area contributed by atoms with Crippen molar-refractivity contribution in [2.24, 2.45) is 10.8 Å². The van der Waals surface area contributed by atoms with Crippen LogP contribution in [0.3, 0.4) is 0 Å². The van der Waals surface area contributed by atoms with E-state index >= 15 is 0 Å². The molecular formula is C16H15N3O2S. The predicted octanol–water partition coefficient (Wildman–Crippen LogP) is 2.25. The van der Waals surface area contributed by atoms with Gasteiger partial charge >= 0.3 is 0 Å². The van der Waals surface area contributed by atoms with Gasteiger partial charge in [0, 0.05) is 5.56 Å². The summed E-state index contributed by atoms with van der Waals surface area (Å²) in [4.78, 5) is 10.7. The summed E-state index contributed by atoms with van der Waals surface area (Å²) in [7, 11) is 0. The molecule has 0 saturated heterocycles. The van der Waals surface area contributed by atoms with E-state index in [9.17, 15) is 4.79 Å². The molecule has 6 heteroatoms. The van der Waals surface area contributed by atoms with E-state index in [1.807, 2.05) is 54.6 Å². The Hall–Kier alpha value is -2.47. The van der Waals surface area contributed by atoms with Gasteiger partial charge in [-0.15, -0.1) is 0 Å². The summed E-state index contributed by atoms with van der Waals surface area (Å²) in [6.07, 6.45) is 0. The molecule has 5 nitrogen and oxygen atoms in total. The number of carbonyl (C=O) groups excluding carboxylic acids is 1. The molecule has 0 bridgehead atoms. The van der Waals surface area contributed by atoms with E-state index in [0.717, 1.165) is 16.2 Å². The van der Waals surface area contributed by atoms with Crippen molar-refractivity contribution in [3.05, 3.63) is 65.7 Å². The molecule has 0 spiro atoms. The summed E-state index contributed by atoms with van der Waals surface area (Å²) in [5.74, 6) is 0.132. The fourth-order valence-corrected chi connectivity index (χ4v) is 3.03. The molecule has 3 rings (SSSR count). The minimum absolute atomic E-state index is 0.0698. The van der Waals surface area contributed by atoms with Crippen molar-refractivity contribution < 1.29 is 9.53 Å². The number of nitrogens with zero attached hydrogens (tertiary/aromatic N) is 1.